The first-order valence-corrected chi connectivity index (χ1v) is 7.49. The van der Waals surface area contributed by atoms with E-state index in [0.29, 0.717) is 0 Å². The van der Waals surface area contributed by atoms with Crippen LogP contribution in [0.2, 0.25) is 0 Å². The van der Waals surface area contributed by atoms with Crippen molar-refractivity contribution in [1.29, 1.82) is 0 Å². The Bertz CT molecular complexity index is 490. The first kappa shape index (κ1) is 12.7. The maximum absolute atomic E-state index is 5.81. The molecule has 19 heavy (non-hydrogen) atoms. The summed E-state index contributed by atoms with van der Waals surface area (Å²) < 4.78 is 5.81. The largest absolute Gasteiger partial charge is 0.460 e. The molecule has 0 aliphatic heterocycles. The lowest BCUT2D eigenvalue weighted by molar-refractivity contribution is 0.279. The molecule has 1 aliphatic rings. The predicted molar refractivity (Wildman–Crippen MR) is 79.0 cm³/mol. The van der Waals surface area contributed by atoms with Crippen molar-refractivity contribution in [2.24, 2.45) is 11.8 Å². The summed E-state index contributed by atoms with van der Waals surface area (Å²) in [5, 5.41) is 4.75. The van der Waals surface area contributed by atoms with Crippen LogP contribution in [0.25, 0.3) is 11.0 Å². The topological polar surface area (TPSA) is 25.2 Å². The molecule has 2 aromatic rings. The highest BCUT2D eigenvalue weighted by atomic mass is 16.3. The number of furan rings is 1. The van der Waals surface area contributed by atoms with Crippen LogP contribution in [0, 0.1) is 11.8 Å². The summed E-state index contributed by atoms with van der Waals surface area (Å²) in [5.74, 6) is 2.84. The molecule has 1 N–H and O–H groups in total. The zero-order valence-corrected chi connectivity index (χ0v) is 11.7. The Kier molecular flexibility index (Phi) is 3.88. The lowest BCUT2D eigenvalue weighted by atomic mass is 9.83. The van der Waals surface area contributed by atoms with Crippen LogP contribution >= 0.6 is 0 Å². The molecule has 0 radical (unpaired) electrons. The number of benzene rings is 1. The van der Waals surface area contributed by atoms with Crippen LogP contribution in [0.15, 0.2) is 34.7 Å². The Labute approximate surface area is 115 Å². The van der Waals surface area contributed by atoms with Gasteiger partial charge in [0, 0.05) is 5.39 Å². The molecule has 0 saturated heterocycles. The molecule has 0 atom stereocenters. The van der Waals surface area contributed by atoms with Crippen LogP contribution in [0.1, 0.15) is 38.4 Å². The molecule has 2 heteroatoms. The van der Waals surface area contributed by atoms with Gasteiger partial charge in [-0.2, -0.15) is 0 Å². The lowest BCUT2D eigenvalue weighted by Crippen LogP contribution is -2.25. The van der Waals surface area contributed by atoms with Crippen molar-refractivity contribution in [2.45, 2.75) is 39.2 Å². The smallest absolute Gasteiger partial charge is 0.134 e. The zero-order chi connectivity index (χ0) is 13.1. The van der Waals surface area contributed by atoms with Crippen molar-refractivity contribution in [3.63, 3.8) is 0 Å². The molecule has 1 aromatic heterocycles. The molecule has 1 aliphatic carbocycles. The van der Waals surface area contributed by atoms with Gasteiger partial charge in [0.1, 0.15) is 11.3 Å². The summed E-state index contributed by atoms with van der Waals surface area (Å²) >= 11 is 0. The quantitative estimate of drug-likeness (QED) is 0.881. The summed E-state index contributed by atoms with van der Waals surface area (Å²) in [6, 6.07) is 10.3. The second-order valence-electron chi connectivity index (χ2n) is 6.01. The Balaban J connectivity index is 1.49. The maximum Gasteiger partial charge on any atom is 0.134 e. The van der Waals surface area contributed by atoms with Crippen LogP contribution < -0.4 is 5.32 Å². The molecule has 1 aromatic carbocycles. The number of rotatable bonds is 4. The summed E-state index contributed by atoms with van der Waals surface area (Å²) in [6.07, 6.45) is 5.57. The summed E-state index contributed by atoms with van der Waals surface area (Å²) in [7, 11) is 0. The fourth-order valence-electron chi connectivity index (χ4n) is 3.06. The summed E-state index contributed by atoms with van der Waals surface area (Å²) in [4.78, 5) is 0. The van der Waals surface area contributed by atoms with E-state index in [9.17, 15) is 0 Å². The van der Waals surface area contributed by atoms with Crippen molar-refractivity contribution in [1.82, 2.24) is 5.32 Å². The standard InChI is InChI=1S/C17H23NO/c1-13-6-8-14(9-7-13)11-18-12-16-10-15-4-2-3-5-17(15)19-16/h2-5,10,13-14,18H,6-9,11-12H2,1H3. The van der Waals surface area contributed by atoms with Crippen LogP contribution in [0.3, 0.4) is 0 Å². The molecule has 3 rings (SSSR count). The van der Waals surface area contributed by atoms with E-state index in [0.717, 1.165) is 36.3 Å². The maximum atomic E-state index is 5.81. The molecule has 0 amide bonds. The van der Waals surface area contributed by atoms with Crippen molar-refractivity contribution >= 4 is 11.0 Å². The molecule has 1 heterocycles. The van der Waals surface area contributed by atoms with Crippen LogP contribution in [0.4, 0.5) is 0 Å². The molecule has 1 saturated carbocycles. The first-order valence-electron chi connectivity index (χ1n) is 7.49. The van der Waals surface area contributed by atoms with Gasteiger partial charge >= 0.3 is 0 Å². The van der Waals surface area contributed by atoms with E-state index >= 15 is 0 Å². The zero-order valence-electron chi connectivity index (χ0n) is 11.7. The minimum absolute atomic E-state index is 0.848. The van der Waals surface area contributed by atoms with E-state index in [1.54, 1.807) is 0 Å². The minimum Gasteiger partial charge on any atom is -0.460 e. The molecule has 102 valence electrons. The van der Waals surface area contributed by atoms with Gasteiger partial charge in [0.2, 0.25) is 0 Å². The van der Waals surface area contributed by atoms with E-state index in [-0.39, 0.29) is 0 Å². The molecule has 0 bridgehead atoms. The third-order valence-electron chi connectivity index (χ3n) is 4.34. The van der Waals surface area contributed by atoms with Gasteiger partial charge in [-0.1, -0.05) is 38.0 Å². The van der Waals surface area contributed by atoms with Gasteiger partial charge in [-0.05, 0) is 43.4 Å². The van der Waals surface area contributed by atoms with Crippen molar-refractivity contribution in [2.75, 3.05) is 6.54 Å². The van der Waals surface area contributed by atoms with Gasteiger partial charge in [0.15, 0.2) is 0 Å². The number of hydrogen-bond acceptors (Lipinski definition) is 2. The van der Waals surface area contributed by atoms with Gasteiger partial charge in [0.25, 0.3) is 0 Å². The van der Waals surface area contributed by atoms with E-state index in [4.69, 9.17) is 4.42 Å². The Morgan fingerprint density at radius 1 is 1.16 bits per heavy atom. The molecule has 0 unspecified atom stereocenters. The third kappa shape index (κ3) is 3.19. The first-order chi connectivity index (χ1) is 9.31. The average Bonchev–Trinajstić information content (AvgIpc) is 2.83. The van der Waals surface area contributed by atoms with E-state index in [1.807, 2.05) is 12.1 Å². The number of fused-ring (bicyclic) bond motifs is 1. The SMILES string of the molecule is CC1CCC(CNCc2cc3ccccc3o2)CC1. The Morgan fingerprint density at radius 3 is 2.74 bits per heavy atom. The van der Waals surface area contributed by atoms with Gasteiger partial charge in [-0.3, -0.25) is 0 Å². The third-order valence-corrected chi connectivity index (χ3v) is 4.34. The Hall–Kier alpha value is -1.28. The van der Waals surface area contributed by atoms with E-state index in [2.05, 4.69) is 30.4 Å². The number of nitrogens with one attached hydrogen (secondary N) is 1. The summed E-state index contributed by atoms with van der Waals surface area (Å²) in [5.41, 5.74) is 0.991. The van der Waals surface area contributed by atoms with Gasteiger partial charge in [-0.15, -0.1) is 0 Å². The lowest BCUT2D eigenvalue weighted by Gasteiger charge is -2.26. The highest BCUT2D eigenvalue weighted by molar-refractivity contribution is 5.77. The second kappa shape index (κ2) is 5.79. The van der Waals surface area contributed by atoms with Gasteiger partial charge in [-0.25, -0.2) is 0 Å². The minimum atomic E-state index is 0.848. The molecule has 1 fully saturated rings. The van der Waals surface area contributed by atoms with E-state index < -0.39 is 0 Å². The van der Waals surface area contributed by atoms with Crippen LogP contribution in [0.5, 0.6) is 0 Å². The van der Waals surface area contributed by atoms with Crippen LogP contribution in [-0.4, -0.2) is 6.54 Å². The fourth-order valence-corrected chi connectivity index (χ4v) is 3.06. The predicted octanol–water partition coefficient (Wildman–Crippen LogP) is 4.35. The second-order valence-corrected chi connectivity index (χ2v) is 6.01. The highest BCUT2D eigenvalue weighted by Crippen LogP contribution is 2.27. The molecule has 0 spiro atoms. The van der Waals surface area contributed by atoms with Gasteiger partial charge in [0.05, 0.1) is 6.54 Å². The average molecular weight is 257 g/mol. The fraction of sp³-hybridized carbons (Fsp3) is 0.529. The monoisotopic (exact) mass is 257 g/mol. The van der Waals surface area contributed by atoms with Crippen LogP contribution in [-0.2, 0) is 6.54 Å². The van der Waals surface area contributed by atoms with E-state index in [1.165, 1.54) is 31.1 Å². The summed E-state index contributed by atoms with van der Waals surface area (Å²) in [6.45, 7) is 4.35. The highest BCUT2D eigenvalue weighted by Gasteiger charge is 2.17. The molecular formula is C17H23NO. The number of para-hydroxylation sites is 1. The van der Waals surface area contributed by atoms with Crippen molar-refractivity contribution in [3.8, 4) is 0 Å². The molecular weight excluding hydrogens is 234 g/mol. The Morgan fingerprint density at radius 2 is 1.95 bits per heavy atom. The number of hydrogen-bond donors (Lipinski definition) is 1. The van der Waals surface area contributed by atoms with Crippen molar-refractivity contribution < 1.29 is 4.42 Å². The normalized spacial score (nSPS) is 23.8. The molecule has 2 nitrogen and oxygen atoms in total. The van der Waals surface area contributed by atoms with Gasteiger partial charge < -0.3 is 9.73 Å². The van der Waals surface area contributed by atoms with Crippen molar-refractivity contribution in [3.05, 3.63) is 36.1 Å².